The maximum atomic E-state index is 13.8. The van der Waals surface area contributed by atoms with Gasteiger partial charge in [-0.25, -0.2) is 4.39 Å². The molecule has 0 aromatic heterocycles. The summed E-state index contributed by atoms with van der Waals surface area (Å²) in [5.41, 5.74) is 18.4. The highest BCUT2D eigenvalue weighted by atomic mass is 19.1. The Morgan fingerprint density at radius 1 is 1.28 bits per heavy atom. The van der Waals surface area contributed by atoms with E-state index in [2.05, 4.69) is 63.6 Å². The minimum absolute atomic E-state index is 0. The summed E-state index contributed by atoms with van der Waals surface area (Å²) in [6.45, 7) is 12.9. The molecule has 1 fully saturated rings. The van der Waals surface area contributed by atoms with Gasteiger partial charge < -0.3 is 15.7 Å². The maximum absolute atomic E-state index is 13.8. The molecule has 4 rings (SSSR count). The third-order valence-electron chi connectivity index (χ3n) is 6.91. The van der Waals surface area contributed by atoms with Crippen molar-refractivity contribution in [1.82, 2.24) is 4.90 Å². The standard InChI is InChI=1S/C17H24FN.C16H16NO.CH4O.H2/c1-17(2,3)16(19)14-9-10-15(18)13(11-14)6-4-5-12-7-8-12;1-3-5-6-9-12-17-15(4-2)13-10-7-8-11-14(13)16(17)18;1-2;/h4,6,9-12,16H,5,7-8,19H2,1-3H3;11H,2-3,5-6,9,12H2,1H3;2H,1H3;1H/b6-4-;;;. The highest BCUT2D eigenvalue weighted by Gasteiger charge is 2.33. The van der Waals surface area contributed by atoms with Gasteiger partial charge in [0.15, 0.2) is 0 Å². The molecule has 211 valence electrons. The van der Waals surface area contributed by atoms with Crippen LogP contribution in [0.1, 0.15) is 91.2 Å². The molecule has 2 aliphatic carbocycles. The van der Waals surface area contributed by atoms with E-state index in [9.17, 15) is 9.18 Å². The van der Waals surface area contributed by atoms with Gasteiger partial charge in [0.2, 0.25) is 0 Å². The van der Waals surface area contributed by atoms with Gasteiger partial charge in [0.1, 0.15) is 5.82 Å². The van der Waals surface area contributed by atoms with E-state index in [1.807, 2.05) is 12.1 Å². The number of allylic oxidation sites excluding steroid dienone is 2. The Labute approximate surface area is 236 Å². The lowest BCUT2D eigenvalue weighted by Crippen LogP contribution is -2.26. The van der Waals surface area contributed by atoms with Crippen molar-refractivity contribution in [3.63, 3.8) is 0 Å². The molecule has 39 heavy (non-hydrogen) atoms. The van der Waals surface area contributed by atoms with Crippen LogP contribution in [0.2, 0.25) is 0 Å². The van der Waals surface area contributed by atoms with E-state index < -0.39 is 0 Å². The van der Waals surface area contributed by atoms with Gasteiger partial charge in [-0.1, -0.05) is 83.2 Å². The van der Waals surface area contributed by atoms with E-state index >= 15 is 0 Å². The summed E-state index contributed by atoms with van der Waals surface area (Å²) in [6.07, 6.45) is 16.8. The van der Waals surface area contributed by atoms with Crippen molar-refractivity contribution in [2.24, 2.45) is 17.1 Å². The van der Waals surface area contributed by atoms with Crippen LogP contribution in [-0.4, -0.2) is 29.6 Å². The first-order valence-electron chi connectivity index (χ1n) is 13.9. The Morgan fingerprint density at radius 2 is 2.00 bits per heavy atom. The molecule has 1 heterocycles. The molecule has 1 unspecified atom stereocenters. The molecular formula is C34H46FN2O2. The molecule has 0 spiro atoms. The second-order valence-corrected chi connectivity index (χ2v) is 11.1. The molecule has 3 aliphatic rings. The lowest BCUT2D eigenvalue weighted by Gasteiger charge is -2.27. The van der Waals surface area contributed by atoms with E-state index in [-0.39, 0.29) is 24.6 Å². The summed E-state index contributed by atoms with van der Waals surface area (Å²) in [5.74, 6) is 0.672. The van der Waals surface area contributed by atoms with Crippen molar-refractivity contribution in [3.8, 4) is 0 Å². The zero-order chi connectivity index (χ0) is 29.0. The third-order valence-corrected chi connectivity index (χ3v) is 6.91. The van der Waals surface area contributed by atoms with Crippen LogP contribution in [0.25, 0.3) is 6.08 Å². The highest BCUT2D eigenvalue weighted by Crippen LogP contribution is 2.34. The molecule has 1 amide bonds. The number of halogens is 1. The minimum atomic E-state index is -0.170. The van der Waals surface area contributed by atoms with Crippen LogP contribution in [0, 0.1) is 23.2 Å². The molecule has 3 N–H and O–H groups in total. The molecule has 1 aromatic carbocycles. The van der Waals surface area contributed by atoms with Crippen molar-refractivity contribution in [1.29, 1.82) is 0 Å². The van der Waals surface area contributed by atoms with Gasteiger partial charge in [-0.05, 0) is 54.7 Å². The fourth-order valence-electron chi connectivity index (χ4n) is 4.30. The van der Waals surface area contributed by atoms with Gasteiger partial charge in [-0.15, -0.1) is 5.73 Å². The van der Waals surface area contributed by atoms with E-state index in [1.165, 1.54) is 31.7 Å². The average molecular weight is 534 g/mol. The summed E-state index contributed by atoms with van der Waals surface area (Å²) in [5, 5.41) is 7.00. The Hall–Kier alpha value is -3.16. The van der Waals surface area contributed by atoms with E-state index in [1.54, 1.807) is 17.0 Å². The SMILES string of the molecule is C=C=C1C2=C(C=C=C=[C]2)C(=O)N1CCCCCC.CC(C)(C)C(N)c1ccc(F)c(/C=C\CC2CC2)c1.CO.[HH]. The number of aliphatic hydroxyl groups excluding tert-OH is 1. The van der Waals surface area contributed by atoms with Crippen LogP contribution < -0.4 is 5.73 Å². The van der Waals surface area contributed by atoms with E-state index in [0.717, 1.165) is 55.7 Å². The van der Waals surface area contributed by atoms with Crippen LogP contribution >= 0.6 is 0 Å². The lowest BCUT2D eigenvalue weighted by molar-refractivity contribution is -0.124. The van der Waals surface area contributed by atoms with Crippen molar-refractivity contribution in [3.05, 3.63) is 94.0 Å². The fraction of sp³-hybridized carbons (Fsp3) is 0.471. The summed E-state index contributed by atoms with van der Waals surface area (Å²) < 4.78 is 13.8. The molecule has 0 bridgehead atoms. The predicted octanol–water partition coefficient (Wildman–Crippen LogP) is 7.60. The van der Waals surface area contributed by atoms with Crippen LogP contribution in [0.4, 0.5) is 4.39 Å². The van der Waals surface area contributed by atoms with Gasteiger partial charge in [-0.2, -0.15) is 0 Å². The van der Waals surface area contributed by atoms with Crippen molar-refractivity contribution < 1.29 is 15.7 Å². The summed E-state index contributed by atoms with van der Waals surface area (Å²) in [6, 6.07) is 5.12. The molecule has 4 nitrogen and oxygen atoms in total. The van der Waals surface area contributed by atoms with Crippen LogP contribution in [0.15, 0.2) is 71.0 Å². The number of rotatable bonds is 9. The third kappa shape index (κ3) is 9.22. The first-order valence-corrected chi connectivity index (χ1v) is 13.9. The number of amides is 1. The number of carbonyl (C=O) groups excluding carboxylic acids is 1. The Bertz CT molecular complexity index is 1220. The number of nitrogens with zero attached hydrogens (tertiary/aromatic N) is 1. The number of hydrogen-bond donors (Lipinski definition) is 2. The highest BCUT2D eigenvalue weighted by molar-refractivity contribution is 6.03. The minimum Gasteiger partial charge on any atom is -0.400 e. The first kappa shape index (κ1) is 32.1. The number of nitrogens with two attached hydrogens (primary N) is 1. The van der Waals surface area contributed by atoms with Crippen molar-refractivity contribution in [2.75, 3.05) is 13.7 Å². The van der Waals surface area contributed by atoms with Crippen molar-refractivity contribution in [2.45, 2.75) is 78.7 Å². The number of unbranched alkanes of at least 4 members (excludes halogenated alkanes) is 3. The van der Waals surface area contributed by atoms with E-state index in [0.29, 0.717) is 11.1 Å². The molecule has 1 aromatic rings. The average Bonchev–Trinajstić information content (AvgIpc) is 3.72. The number of hydrogen-bond acceptors (Lipinski definition) is 3. The zero-order valence-corrected chi connectivity index (χ0v) is 24.2. The number of aliphatic hydroxyl groups is 1. The Morgan fingerprint density at radius 3 is 2.62 bits per heavy atom. The molecule has 1 radical (unpaired) electrons. The Balaban J connectivity index is 0.000000368. The largest absolute Gasteiger partial charge is 0.400 e. The molecular weight excluding hydrogens is 487 g/mol. The molecule has 0 saturated heterocycles. The van der Waals surface area contributed by atoms with Gasteiger partial charge in [-0.3, -0.25) is 4.79 Å². The predicted molar refractivity (Wildman–Crippen MR) is 160 cm³/mol. The molecule has 1 atom stereocenters. The summed E-state index contributed by atoms with van der Waals surface area (Å²) >= 11 is 0. The van der Waals surface area contributed by atoms with Gasteiger partial charge in [0.05, 0.1) is 17.3 Å². The van der Waals surface area contributed by atoms with Gasteiger partial charge in [0.25, 0.3) is 5.91 Å². The first-order chi connectivity index (χ1) is 18.7. The number of carbonyl (C=O) groups is 1. The summed E-state index contributed by atoms with van der Waals surface area (Å²) in [7, 11) is 1.00. The Kier molecular flexibility index (Phi) is 12.7. The molecule has 1 aliphatic heterocycles. The summed E-state index contributed by atoms with van der Waals surface area (Å²) in [4.78, 5) is 14.0. The van der Waals surface area contributed by atoms with Gasteiger partial charge in [0, 0.05) is 38.3 Å². The zero-order valence-electron chi connectivity index (χ0n) is 24.2. The smallest absolute Gasteiger partial charge is 0.260 e. The number of benzene rings is 1. The monoisotopic (exact) mass is 533 g/mol. The second kappa shape index (κ2) is 15.4. The quantitative estimate of drug-likeness (QED) is 0.254. The van der Waals surface area contributed by atoms with Gasteiger partial charge >= 0.3 is 0 Å². The van der Waals surface area contributed by atoms with Crippen LogP contribution in [0.3, 0.4) is 0 Å². The van der Waals surface area contributed by atoms with Crippen molar-refractivity contribution >= 4 is 12.0 Å². The fourth-order valence-corrected chi connectivity index (χ4v) is 4.30. The maximum Gasteiger partial charge on any atom is 0.260 e. The lowest BCUT2D eigenvalue weighted by atomic mass is 9.82. The topological polar surface area (TPSA) is 66.6 Å². The normalized spacial score (nSPS) is 16.6. The molecule has 5 heteroatoms. The van der Waals surface area contributed by atoms with Crippen LogP contribution in [0.5, 0.6) is 0 Å². The second-order valence-electron chi connectivity index (χ2n) is 11.1. The molecule has 1 saturated carbocycles. The van der Waals surface area contributed by atoms with Crippen LogP contribution in [-0.2, 0) is 4.79 Å². The van der Waals surface area contributed by atoms with E-state index in [4.69, 9.17) is 10.8 Å².